The van der Waals surface area contributed by atoms with Crippen LogP contribution < -0.4 is 0 Å². The van der Waals surface area contributed by atoms with E-state index < -0.39 is 0 Å². The Morgan fingerprint density at radius 1 is 0.600 bits per heavy atom. The maximum atomic E-state index is 4.48. The Kier molecular flexibility index (Phi) is 4.91. The average molecular weight is 361 g/mol. The molecule has 0 atom stereocenters. The molecule has 0 aliphatic heterocycles. The first kappa shape index (κ1) is 16.1. The molecule has 0 N–H and O–H groups in total. The zero-order valence-electron chi connectivity index (χ0n) is 13.4. The Balaban J connectivity index is 1.77. The molecule has 0 saturated carbocycles. The van der Waals surface area contributed by atoms with Crippen molar-refractivity contribution in [3.63, 3.8) is 0 Å². The highest BCUT2D eigenvalue weighted by molar-refractivity contribution is 8.00. The molecule has 0 bridgehead atoms. The molecule has 122 valence electrons. The summed E-state index contributed by atoms with van der Waals surface area (Å²) in [7, 11) is 0. The third kappa shape index (κ3) is 3.81. The summed E-state index contributed by atoms with van der Waals surface area (Å²) in [5, 5.41) is 4.48. The first-order valence-corrected chi connectivity index (χ1v) is 9.62. The lowest BCUT2D eigenvalue weighted by molar-refractivity contribution is 0.841. The van der Waals surface area contributed by atoms with E-state index in [0.717, 1.165) is 5.69 Å². The van der Waals surface area contributed by atoms with E-state index in [-0.39, 0.29) is 0 Å². The number of nitrogens with zero attached hydrogens (tertiary/aromatic N) is 2. The van der Waals surface area contributed by atoms with Crippen molar-refractivity contribution in [2.75, 3.05) is 0 Å². The summed E-state index contributed by atoms with van der Waals surface area (Å²) in [6, 6.07) is 29.3. The fraction of sp³-hybridized carbons (Fsp3) is 0. The predicted octanol–water partition coefficient (Wildman–Crippen LogP) is 6.17. The summed E-state index contributed by atoms with van der Waals surface area (Å²) in [5.41, 5.74) is 1.12. The molecule has 3 aromatic carbocycles. The molecule has 2 nitrogen and oxygen atoms in total. The number of para-hydroxylation sites is 1. The van der Waals surface area contributed by atoms with Crippen LogP contribution in [0.2, 0.25) is 0 Å². The third-order valence-electron chi connectivity index (χ3n) is 3.64. The lowest BCUT2D eigenvalue weighted by Crippen LogP contribution is -1.99. The number of hydrogen-bond acceptors (Lipinski definition) is 3. The van der Waals surface area contributed by atoms with Gasteiger partial charge in [0.05, 0.1) is 5.69 Å². The van der Waals surface area contributed by atoms with Crippen molar-refractivity contribution < 1.29 is 0 Å². The zero-order chi connectivity index (χ0) is 16.9. The Morgan fingerprint density at radius 2 is 1.16 bits per heavy atom. The Hall–Kier alpha value is -2.43. The van der Waals surface area contributed by atoms with Gasteiger partial charge in [0.25, 0.3) is 0 Å². The summed E-state index contributed by atoms with van der Waals surface area (Å²) in [6.07, 6.45) is 3.82. The molecule has 1 aromatic heterocycles. The number of rotatable bonds is 5. The largest absolute Gasteiger partial charge is 0.239 e. The van der Waals surface area contributed by atoms with Gasteiger partial charge in [-0.2, -0.15) is 5.10 Å². The van der Waals surface area contributed by atoms with Crippen molar-refractivity contribution in [3.05, 3.63) is 97.3 Å². The molecular weight excluding hydrogens is 344 g/mol. The molecule has 0 fully saturated rings. The summed E-state index contributed by atoms with van der Waals surface area (Å²) in [4.78, 5) is 4.82. The summed E-state index contributed by atoms with van der Waals surface area (Å²) in [6.45, 7) is 0. The van der Waals surface area contributed by atoms with E-state index in [2.05, 4.69) is 71.8 Å². The van der Waals surface area contributed by atoms with Gasteiger partial charge < -0.3 is 0 Å². The highest BCUT2D eigenvalue weighted by atomic mass is 32.2. The molecule has 0 saturated heterocycles. The molecular formula is C21H16N2S2. The van der Waals surface area contributed by atoms with Crippen LogP contribution in [0, 0.1) is 0 Å². The molecule has 0 radical (unpaired) electrons. The highest BCUT2D eigenvalue weighted by Crippen LogP contribution is 2.39. The number of aromatic nitrogens is 2. The van der Waals surface area contributed by atoms with Crippen LogP contribution in [0.25, 0.3) is 5.69 Å². The van der Waals surface area contributed by atoms with Gasteiger partial charge in [-0.25, -0.2) is 4.68 Å². The van der Waals surface area contributed by atoms with Crippen LogP contribution in [0.15, 0.2) is 117 Å². The van der Waals surface area contributed by atoms with Crippen molar-refractivity contribution >= 4 is 23.5 Å². The molecule has 1 heterocycles. The quantitative estimate of drug-likeness (QED) is 0.423. The zero-order valence-corrected chi connectivity index (χ0v) is 15.1. The lowest BCUT2D eigenvalue weighted by Gasteiger charge is -2.14. The van der Waals surface area contributed by atoms with Gasteiger partial charge >= 0.3 is 0 Å². The molecule has 0 amide bonds. The standard InChI is InChI=1S/C21H16N2S2/c1-3-9-17(10-4-1)24-19-13-7-14-20(21(19)23-16-8-15-22-23)25-18-11-5-2-6-12-18/h1-16H. The van der Waals surface area contributed by atoms with Gasteiger partial charge in [-0.05, 0) is 42.5 Å². The van der Waals surface area contributed by atoms with Gasteiger partial charge in [-0.1, -0.05) is 66.0 Å². The minimum atomic E-state index is 1.12. The fourth-order valence-corrected chi connectivity index (χ4v) is 4.58. The van der Waals surface area contributed by atoms with Crippen LogP contribution >= 0.6 is 23.5 Å². The Morgan fingerprint density at radius 3 is 1.64 bits per heavy atom. The van der Waals surface area contributed by atoms with Gasteiger partial charge in [-0.15, -0.1) is 0 Å². The second-order valence-electron chi connectivity index (χ2n) is 5.38. The van der Waals surface area contributed by atoms with Crippen molar-refractivity contribution in [1.82, 2.24) is 9.78 Å². The monoisotopic (exact) mass is 360 g/mol. The molecule has 4 aromatic rings. The van der Waals surface area contributed by atoms with E-state index in [4.69, 9.17) is 0 Å². The predicted molar refractivity (Wildman–Crippen MR) is 105 cm³/mol. The summed E-state index contributed by atoms with van der Waals surface area (Å²) in [5.74, 6) is 0. The minimum absolute atomic E-state index is 1.12. The topological polar surface area (TPSA) is 17.8 Å². The van der Waals surface area contributed by atoms with Gasteiger partial charge in [-0.3, -0.25) is 0 Å². The molecule has 25 heavy (non-hydrogen) atoms. The normalized spacial score (nSPS) is 10.7. The Bertz CT molecular complexity index is 877. The van der Waals surface area contributed by atoms with Crippen LogP contribution in [-0.2, 0) is 0 Å². The average Bonchev–Trinajstić information content (AvgIpc) is 3.18. The first-order valence-electron chi connectivity index (χ1n) is 7.99. The lowest BCUT2D eigenvalue weighted by atomic mass is 10.3. The van der Waals surface area contributed by atoms with Gasteiger partial charge in [0.1, 0.15) is 0 Å². The van der Waals surface area contributed by atoms with Gasteiger partial charge in [0, 0.05) is 32.0 Å². The molecule has 0 aliphatic rings. The van der Waals surface area contributed by atoms with Crippen LogP contribution in [0.3, 0.4) is 0 Å². The Labute approximate surface area is 155 Å². The fourth-order valence-electron chi connectivity index (χ4n) is 2.52. The highest BCUT2D eigenvalue weighted by Gasteiger charge is 2.13. The van der Waals surface area contributed by atoms with E-state index in [1.165, 1.54) is 19.6 Å². The second kappa shape index (κ2) is 7.64. The summed E-state index contributed by atoms with van der Waals surface area (Å²) >= 11 is 3.53. The maximum absolute atomic E-state index is 4.48. The number of benzene rings is 3. The van der Waals surface area contributed by atoms with Crippen molar-refractivity contribution in [1.29, 1.82) is 0 Å². The van der Waals surface area contributed by atoms with Crippen molar-refractivity contribution in [3.8, 4) is 5.69 Å². The molecule has 4 rings (SSSR count). The number of hydrogen-bond donors (Lipinski definition) is 0. The molecule has 0 spiro atoms. The smallest absolute Gasteiger partial charge is 0.0924 e. The minimum Gasteiger partial charge on any atom is -0.239 e. The molecule has 0 unspecified atom stereocenters. The second-order valence-corrected chi connectivity index (χ2v) is 7.61. The van der Waals surface area contributed by atoms with Crippen LogP contribution in [0.4, 0.5) is 0 Å². The maximum Gasteiger partial charge on any atom is 0.0924 e. The third-order valence-corrected chi connectivity index (χ3v) is 5.75. The molecule has 4 heteroatoms. The van der Waals surface area contributed by atoms with E-state index >= 15 is 0 Å². The summed E-state index contributed by atoms with van der Waals surface area (Å²) < 4.78 is 1.95. The van der Waals surface area contributed by atoms with Crippen molar-refractivity contribution in [2.24, 2.45) is 0 Å². The van der Waals surface area contributed by atoms with E-state index in [1.807, 2.05) is 35.3 Å². The van der Waals surface area contributed by atoms with Gasteiger partial charge in [0.2, 0.25) is 0 Å². The van der Waals surface area contributed by atoms with Gasteiger partial charge in [0.15, 0.2) is 0 Å². The molecule has 0 aliphatic carbocycles. The first-order chi connectivity index (χ1) is 12.4. The SMILES string of the molecule is c1ccc(Sc2cccc(Sc3ccccc3)c2-n2cccn2)cc1. The van der Waals surface area contributed by atoms with E-state index in [0.29, 0.717) is 0 Å². The van der Waals surface area contributed by atoms with Crippen molar-refractivity contribution in [2.45, 2.75) is 19.6 Å². The van der Waals surface area contributed by atoms with E-state index in [9.17, 15) is 0 Å². The van der Waals surface area contributed by atoms with E-state index in [1.54, 1.807) is 23.5 Å². The van der Waals surface area contributed by atoms with Crippen LogP contribution in [0.1, 0.15) is 0 Å². The van der Waals surface area contributed by atoms with Crippen LogP contribution in [0.5, 0.6) is 0 Å². The van der Waals surface area contributed by atoms with Crippen LogP contribution in [-0.4, -0.2) is 9.78 Å².